The average molecular weight is 339 g/mol. The summed E-state index contributed by atoms with van der Waals surface area (Å²) < 4.78 is 58.8. The van der Waals surface area contributed by atoms with Gasteiger partial charge in [0, 0.05) is 6.07 Å². The fraction of sp³-hybridized carbons (Fsp3) is 0.455. The zero-order valence-electron chi connectivity index (χ0n) is 11.1. The lowest BCUT2D eigenvalue weighted by Gasteiger charge is -2.10. The number of hydrogen-bond acceptors (Lipinski definition) is 7. The fourth-order valence-corrected chi connectivity index (χ4v) is 3.04. The van der Waals surface area contributed by atoms with Crippen LogP contribution in [-0.2, 0) is 20.0 Å². The van der Waals surface area contributed by atoms with Crippen LogP contribution in [0.3, 0.4) is 0 Å². The number of sulfone groups is 1. The summed E-state index contributed by atoms with van der Waals surface area (Å²) in [5.41, 5.74) is 5.76. The molecule has 0 radical (unpaired) electrons. The molecule has 0 fully saturated rings. The van der Waals surface area contributed by atoms with Crippen molar-refractivity contribution < 1.29 is 31.2 Å². The molecular weight excluding hydrogens is 322 g/mol. The smallest absolute Gasteiger partial charge is 0.294 e. The van der Waals surface area contributed by atoms with Gasteiger partial charge in [-0.15, -0.1) is 0 Å². The van der Waals surface area contributed by atoms with Gasteiger partial charge in [-0.25, -0.2) is 8.42 Å². The van der Waals surface area contributed by atoms with Crippen LogP contribution in [0.2, 0.25) is 0 Å². The molecule has 0 bridgehead atoms. The van der Waals surface area contributed by atoms with Crippen LogP contribution < -0.4 is 10.5 Å². The molecule has 0 amide bonds. The van der Waals surface area contributed by atoms with Gasteiger partial charge in [0.1, 0.15) is 5.75 Å². The van der Waals surface area contributed by atoms with Crippen LogP contribution in [0.1, 0.15) is 6.42 Å². The maximum atomic E-state index is 11.3. The topological polar surface area (TPSA) is 144 Å². The molecule has 120 valence electrons. The Kier molecular flexibility index (Phi) is 5.96. The van der Waals surface area contributed by atoms with Crippen LogP contribution >= 0.6 is 0 Å². The predicted molar refractivity (Wildman–Crippen MR) is 76.5 cm³/mol. The van der Waals surface area contributed by atoms with E-state index in [4.69, 9.17) is 20.1 Å². The first-order valence-electron chi connectivity index (χ1n) is 5.97. The number of nitrogens with two attached hydrogens (primary N) is 1. The number of aliphatic hydroxyl groups is 1. The van der Waals surface area contributed by atoms with Crippen molar-refractivity contribution in [3.63, 3.8) is 0 Å². The highest BCUT2D eigenvalue weighted by molar-refractivity contribution is 7.91. The lowest BCUT2D eigenvalue weighted by molar-refractivity contribution is 0.314. The van der Waals surface area contributed by atoms with Gasteiger partial charge in [-0.2, -0.15) is 8.42 Å². The van der Waals surface area contributed by atoms with Crippen molar-refractivity contribution in [1.82, 2.24) is 0 Å². The van der Waals surface area contributed by atoms with Crippen molar-refractivity contribution in [2.24, 2.45) is 0 Å². The summed E-state index contributed by atoms with van der Waals surface area (Å²) >= 11 is 0. The molecule has 1 rings (SSSR count). The van der Waals surface area contributed by atoms with E-state index in [1.54, 1.807) is 0 Å². The van der Waals surface area contributed by atoms with Gasteiger partial charge >= 0.3 is 0 Å². The Bertz CT molecular complexity index is 683. The molecule has 0 atom stereocenters. The van der Waals surface area contributed by atoms with E-state index < -0.39 is 26.6 Å². The Labute approximate surface area is 123 Å². The van der Waals surface area contributed by atoms with E-state index in [0.29, 0.717) is 0 Å². The highest BCUT2D eigenvalue weighted by Crippen LogP contribution is 2.25. The Balaban J connectivity index is 2.64. The minimum atomic E-state index is -4.36. The molecular formula is C11H17NO7S2. The molecule has 0 aliphatic heterocycles. The minimum Gasteiger partial charge on any atom is -0.491 e. The van der Waals surface area contributed by atoms with E-state index in [1.807, 2.05) is 0 Å². The average Bonchev–Trinajstić information content (AvgIpc) is 2.35. The summed E-state index contributed by atoms with van der Waals surface area (Å²) in [6.45, 7) is -0.434. The second kappa shape index (κ2) is 7.07. The van der Waals surface area contributed by atoms with Gasteiger partial charge in [0.15, 0.2) is 9.84 Å². The van der Waals surface area contributed by atoms with Crippen molar-refractivity contribution in [2.45, 2.75) is 11.3 Å². The Morgan fingerprint density at radius 1 is 1.14 bits per heavy atom. The van der Waals surface area contributed by atoms with E-state index in [-0.39, 0.29) is 40.9 Å². The van der Waals surface area contributed by atoms with Gasteiger partial charge in [-0.05, 0) is 18.6 Å². The van der Waals surface area contributed by atoms with Gasteiger partial charge in [-0.3, -0.25) is 4.55 Å². The fourth-order valence-electron chi connectivity index (χ4n) is 1.50. The van der Waals surface area contributed by atoms with E-state index in [0.717, 1.165) is 12.1 Å². The van der Waals surface area contributed by atoms with Crippen LogP contribution in [0.4, 0.5) is 5.69 Å². The van der Waals surface area contributed by atoms with Crippen molar-refractivity contribution in [2.75, 3.05) is 30.5 Å². The van der Waals surface area contributed by atoms with Crippen molar-refractivity contribution in [3.05, 3.63) is 18.2 Å². The lowest BCUT2D eigenvalue weighted by atomic mass is 10.3. The van der Waals surface area contributed by atoms with Crippen LogP contribution in [0, 0.1) is 0 Å². The maximum absolute atomic E-state index is 11.3. The summed E-state index contributed by atoms with van der Waals surface area (Å²) in [5.74, 6) is -0.427. The molecule has 0 spiro atoms. The number of ether oxygens (including phenoxy) is 1. The van der Waals surface area contributed by atoms with E-state index >= 15 is 0 Å². The third-order valence-electron chi connectivity index (χ3n) is 2.54. The second-order valence-corrected chi connectivity index (χ2v) is 7.98. The van der Waals surface area contributed by atoms with Crippen LogP contribution in [0.5, 0.6) is 5.75 Å². The van der Waals surface area contributed by atoms with E-state index in [1.165, 1.54) is 6.07 Å². The number of nitrogen functional groups attached to an aromatic ring is 1. The van der Waals surface area contributed by atoms with Gasteiger partial charge in [0.25, 0.3) is 10.1 Å². The molecule has 0 aromatic heterocycles. The normalized spacial score (nSPS) is 12.3. The molecule has 1 aromatic rings. The molecule has 1 aromatic carbocycles. The number of rotatable bonds is 8. The zero-order valence-corrected chi connectivity index (χ0v) is 12.7. The Hall–Kier alpha value is -1.36. The standard InChI is InChI=1S/C11H17NO7S2/c12-10-3-2-9(21(16,17)18)8-11(10)19-5-1-6-20(14,15)7-4-13/h2-3,8,13H,1,4-7,12H2,(H,16,17,18). The minimum absolute atomic E-state index is 0.00376. The van der Waals surface area contributed by atoms with Crippen LogP contribution in [0.15, 0.2) is 23.1 Å². The molecule has 0 heterocycles. The second-order valence-electron chi connectivity index (χ2n) is 4.25. The molecule has 0 aliphatic rings. The van der Waals surface area contributed by atoms with Gasteiger partial charge in [0.2, 0.25) is 0 Å². The first-order chi connectivity index (χ1) is 9.65. The quantitative estimate of drug-likeness (QED) is 0.332. The molecule has 0 aliphatic carbocycles. The number of anilines is 1. The molecule has 8 nitrogen and oxygen atoms in total. The molecule has 0 saturated heterocycles. The van der Waals surface area contributed by atoms with Crippen LogP contribution in [0.25, 0.3) is 0 Å². The monoisotopic (exact) mass is 339 g/mol. The lowest BCUT2D eigenvalue weighted by Crippen LogP contribution is -2.16. The van der Waals surface area contributed by atoms with E-state index in [9.17, 15) is 16.8 Å². The number of hydrogen-bond donors (Lipinski definition) is 3. The zero-order chi connectivity index (χ0) is 16.1. The summed E-state index contributed by atoms with van der Waals surface area (Å²) in [6.07, 6.45) is 0.165. The summed E-state index contributed by atoms with van der Waals surface area (Å²) in [5, 5.41) is 8.57. The summed E-state index contributed by atoms with van der Waals surface area (Å²) in [7, 11) is -7.69. The molecule has 4 N–H and O–H groups in total. The first kappa shape index (κ1) is 17.7. The molecule has 21 heavy (non-hydrogen) atoms. The Morgan fingerprint density at radius 3 is 2.38 bits per heavy atom. The Morgan fingerprint density at radius 2 is 1.81 bits per heavy atom. The summed E-state index contributed by atoms with van der Waals surface area (Å²) in [4.78, 5) is -0.361. The molecule has 0 saturated carbocycles. The first-order valence-corrected chi connectivity index (χ1v) is 9.23. The molecule has 0 unspecified atom stereocenters. The predicted octanol–water partition coefficient (Wildman–Crippen LogP) is -0.308. The van der Waals surface area contributed by atoms with Crippen molar-refractivity contribution in [3.8, 4) is 5.75 Å². The maximum Gasteiger partial charge on any atom is 0.294 e. The SMILES string of the molecule is Nc1ccc(S(=O)(=O)O)cc1OCCCS(=O)(=O)CCO. The largest absolute Gasteiger partial charge is 0.491 e. The third kappa shape index (κ3) is 5.87. The number of benzene rings is 1. The highest BCUT2D eigenvalue weighted by atomic mass is 32.2. The molecule has 10 heteroatoms. The third-order valence-corrected chi connectivity index (χ3v) is 5.11. The van der Waals surface area contributed by atoms with Gasteiger partial charge < -0.3 is 15.6 Å². The van der Waals surface area contributed by atoms with Crippen molar-refractivity contribution in [1.29, 1.82) is 0 Å². The van der Waals surface area contributed by atoms with Gasteiger partial charge in [-0.1, -0.05) is 0 Å². The van der Waals surface area contributed by atoms with Crippen molar-refractivity contribution >= 4 is 25.6 Å². The van der Waals surface area contributed by atoms with E-state index in [2.05, 4.69) is 0 Å². The van der Waals surface area contributed by atoms with Crippen LogP contribution in [-0.4, -0.2) is 51.2 Å². The van der Waals surface area contributed by atoms with Gasteiger partial charge in [0.05, 0.1) is 35.3 Å². The highest BCUT2D eigenvalue weighted by Gasteiger charge is 2.13. The number of aliphatic hydroxyl groups excluding tert-OH is 1. The summed E-state index contributed by atoms with van der Waals surface area (Å²) in [6, 6.07) is 3.46.